The summed E-state index contributed by atoms with van der Waals surface area (Å²) in [6.07, 6.45) is 5.29. The zero-order valence-electron chi connectivity index (χ0n) is 14.2. The van der Waals surface area contributed by atoms with E-state index in [-0.39, 0.29) is 0 Å². The molecule has 4 heteroatoms. The molecule has 0 bridgehead atoms. The van der Waals surface area contributed by atoms with E-state index in [9.17, 15) is 0 Å². The van der Waals surface area contributed by atoms with Crippen LogP contribution >= 0.6 is 0 Å². The fourth-order valence-corrected chi connectivity index (χ4v) is 1.96. The van der Waals surface area contributed by atoms with Crippen molar-refractivity contribution in [1.29, 1.82) is 0 Å². The van der Waals surface area contributed by atoms with Crippen molar-refractivity contribution in [2.45, 2.75) is 39.9 Å². The van der Waals surface area contributed by atoms with Crippen LogP contribution in [0.2, 0.25) is 0 Å². The third-order valence-corrected chi connectivity index (χ3v) is 3.53. The van der Waals surface area contributed by atoms with E-state index in [1.165, 1.54) is 11.1 Å². The highest BCUT2D eigenvalue weighted by molar-refractivity contribution is 5.80. The lowest BCUT2D eigenvalue weighted by atomic mass is 10.1. The van der Waals surface area contributed by atoms with E-state index in [1.807, 2.05) is 6.92 Å². The van der Waals surface area contributed by atoms with E-state index in [4.69, 9.17) is 6.42 Å². The summed E-state index contributed by atoms with van der Waals surface area (Å²) < 4.78 is 0. The van der Waals surface area contributed by atoms with Crippen molar-refractivity contribution in [2.24, 2.45) is 4.99 Å². The van der Waals surface area contributed by atoms with E-state index in [0.29, 0.717) is 19.1 Å². The maximum Gasteiger partial charge on any atom is 0.192 e. The Kier molecular flexibility index (Phi) is 8.09. The van der Waals surface area contributed by atoms with Crippen LogP contribution in [0.4, 0.5) is 0 Å². The van der Waals surface area contributed by atoms with Gasteiger partial charge >= 0.3 is 0 Å². The minimum absolute atomic E-state index is 0.476. The molecular formula is C18H28N4. The number of rotatable bonds is 7. The van der Waals surface area contributed by atoms with Crippen LogP contribution in [-0.2, 0) is 13.1 Å². The van der Waals surface area contributed by atoms with E-state index < -0.39 is 0 Å². The van der Waals surface area contributed by atoms with Crippen LogP contribution in [0.1, 0.15) is 31.9 Å². The number of aliphatic imine (C=N–C) groups is 1. The Hall–Kier alpha value is -1.99. The first-order valence-electron chi connectivity index (χ1n) is 7.81. The van der Waals surface area contributed by atoms with Crippen LogP contribution in [0, 0.1) is 12.3 Å². The number of hydrogen-bond acceptors (Lipinski definition) is 2. The van der Waals surface area contributed by atoms with Gasteiger partial charge in [-0.05, 0) is 38.9 Å². The first kappa shape index (κ1) is 18.1. The van der Waals surface area contributed by atoms with Gasteiger partial charge in [0, 0.05) is 19.1 Å². The summed E-state index contributed by atoms with van der Waals surface area (Å²) in [5.41, 5.74) is 2.56. The highest BCUT2D eigenvalue weighted by atomic mass is 15.2. The topological polar surface area (TPSA) is 39.7 Å². The van der Waals surface area contributed by atoms with Gasteiger partial charge in [0.05, 0.1) is 13.1 Å². The van der Waals surface area contributed by atoms with E-state index >= 15 is 0 Å². The van der Waals surface area contributed by atoms with Gasteiger partial charge in [0.1, 0.15) is 0 Å². The van der Waals surface area contributed by atoms with Gasteiger partial charge < -0.3 is 10.6 Å². The average molecular weight is 300 g/mol. The molecule has 0 saturated heterocycles. The minimum atomic E-state index is 0.476. The molecule has 2 N–H and O–H groups in total. The summed E-state index contributed by atoms with van der Waals surface area (Å²) in [5, 5.41) is 6.31. The average Bonchev–Trinajstić information content (AvgIpc) is 2.51. The summed E-state index contributed by atoms with van der Waals surface area (Å²) in [6.45, 7) is 9.30. The van der Waals surface area contributed by atoms with Crippen molar-refractivity contribution in [3.05, 3.63) is 35.4 Å². The summed E-state index contributed by atoms with van der Waals surface area (Å²) in [4.78, 5) is 6.94. The fourth-order valence-electron chi connectivity index (χ4n) is 1.96. The van der Waals surface area contributed by atoms with Crippen molar-refractivity contribution >= 4 is 5.96 Å². The standard InChI is InChI=1S/C18H28N4/c1-6-12-20-18(19-7-2)21-13-16-10-8-9-11-17(16)14-22(5)15(3)4/h1,8-11,15H,7,12-14H2,2-5H3,(H2,19,20,21). The quantitative estimate of drug-likeness (QED) is 0.461. The normalized spacial score (nSPS) is 11.6. The molecule has 0 spiro atoms. The predicted octanol–water partition coefficient (Wildman–Crippen LogP) is 2.22. The zero-order valence-corrected chi connectivity index (χ0v) is 14.2. The molecule has 0 amide bonds. The van der Waals surface area contributed by atoms with Crippen LogP contribution < -0.4 is 10.6 Å². The van der Waals surface area contributed by atoms with Crippen molar-refractivity contribution in [3.63, 3.8) is 0 Å². The van der Waals surface area contributed by atoms with E-state index in [1.54, 1.807) is 0 Å². The Labute approximate surface area is 135 Å². The van der Waals surface area contributed by atoms with Crippen LogP contribution in [0.3, 0.4) is 0 Å². The molecule has 0 radical (unpaired) electrons. The van der Waals surface area contributed by atoms with Crippen LogP contribution in [0.15, 0.2) is 29.3 Å². The molecule has 0 atom stereocenters. The zero-order chi connectivity index (χ0) is 16.4. The molecule has 0 unspecified atom stereocenters. The van der Waals surface area contributed by atoms with Gasteiger partial charge in [-0.2, -0.15) is 0 Å². The Morgan fingerprint density at radius 1 is 1.27 bits per heavy atom. The molecule has 1 rings (SSSR count). The van der Waals surface area contributed by atoms with Gasteiger partial charge in [0.25, 0.3) is 0 Å². The van der Waals surface area contributed by atoms with Gasteiger partial charge in [0.2, 0.25) is 0 Å². The number of benzene rings is 1. The first-order chi connectivity index (χ1) is 10.6. The van der Waals surface area contributed by atoms with Gasteiger partial charge in [-0.25, -0.2) is 4.99 Å². The number of hydrogen-bond donors (Lipinski definition) is 2. The Bertz CT molecular complexity index is 514. The lowest BCUT2D eigenvalue weighted by Crippen LogP contribution is -2.37. The molecule has 1 aromatic rings. The molecule has 22 heavy (non-hydrogen) atoms. The van der Waals surface area contributed by atoms with Gasteiger partial charge in [-0.15, -0.1) is 6.42 Å². The monoisotopic (exact) mass is 300 g/mol. The van der Waals surface area contributed by atoms with Gasteiger partial charge in [-0.3, -0.25) is 4.90 Å². The molecule has 4 nitrogen and oxygen atoms in total. The Morgan fingerprint density at radius 3 is 2.55 bits per heavy atom. The Morgan fingerprint density at radius 2 is 1.95 bits per heavy atom. The number of nitrogens with zero attached hydrogens (tertiary/aromatic N) is 2. The second-order valence-electron chi connectivity index (χ2n) is 5.53. The van der Waals surface area contributed by atoms with Crippen LogP contribution in [0.25, 0.3) is 0 Å². The lowest BCUT2D eigenvalue weighted by Gasteiger charge is -2.22. The van der Waals surface area contributed by atoms with Gasteiger partial charge in [0.15, 0.2) is 5.96 Å². The molecule has 0 aliphatic carbocycles. The maximum atomic E-state index is 5.29. The smallest absolute Gasteiger partial charge is 0.192 e. The molecule has 1 aromatic carbocycles. The maximum absolute atomic E-state index is 5.29. The molecule has 0 heterocycles. The van der Waals surface area contributed by atoms with E-state index in [2.05, 4.69) is 71.6 Å². The summed E-state index contributed by atoms with van der Waals surface area (Å²) in [7, 11) is 2.14. The summed E-state index contributed by atoms with van der Waals surface area (Å²) in [6, 6.07) is 8.97. The third kappa shape index (κ3) is 6.19. The first-order valence-corrected chi connectivity index (χ1v) is 7.81. The van der Waals surface area contributed by atoms with Crippen LogP contribution in [0.5, 0.6) is 0 Å². The molecule has 120 valence electrons. The van der Waals surface area contributed by atoms with Gasteiger partial charge in [-0.1, -0.05) is 30.2 Å². The predicted molar refractivity (Wildman–Crippen MR) is 94.7 cm³/mol. The molecular weight excluding hydrogens is 272 g/mol. The molecule has 0 aliphatic heterocycles. The summed E-state index contributed by atoms with van der Waals surface area (Å²) >= 11 is 0. The SMILES string of the molecule is C#CCNC(=NCc1ccccc1CN(C)C(C)C)NCC. The highest BCUT2D eigenvalue weighted by Crippen LogP contribution is 2.13. The summed E-state index contributed by atoms with van der Waals surface area (Å²) in [5.74, 6) is 3.32. The molecule has 0 fully saturated rings. The lowest BCUT2D eigenvalue weighted by molar-refractivity contribution is 0.265. The molecule has 0 aliphatic rings. The van der Waals surface area contributed by atoms with Crippen molar-refractivity contribution in [2.75, 3.05) is 20.1 Å². The third-order valence-electron chi connectivity index (χ3n) is 3.53. The van der Waals surface area contributed by atoms with E-state index in [0.717, 1.165) is 19.0 Å². The fraction of sp³-hybridized carbons (Fsp3) is 0.500. The Balaban J connectivity index is 2.81. The molecule has 0 aromatic heterocycles. The van der Waals surface area contributed by atoms with Crippen molar-refractivity contribution in [3.8, 4) is 12.3 Å². The number of guanidine groups is 1. The second kappa shape index (κ2) is 9.86. The minimum Gasteiger partial charge on any atom is -0.357 e. The number of terminal acetylenes is 1. The highest BCUT2D eigenvalue weighted by Gasteiger charge is 2.08. The molecule has 0 saturated carbocycles. The second-order valence-corrected chi connectivity index (χ2v) is 5.53. The van der Waals surface area contributed by atoms with Crippen molar-refractivity contribution < 1.29 is 0 Å². The van der Waals surface area contributed by atoms with Crippen LogP contribution in [-0.4, -0.2) is 37.0 Å². The number of nitrogens with one attached hydrogen (secondary N) is 2. The van der Waals surface area contributed by atoms with Crippen molar-refractivity contribution in [1.82, 2.24) is 15.5 Å². The largest absolute Gasteiger partial charge is 0.357 e.